The number of rotatable bonds is 5. The summed E-state index contributed by atoms with van der Waals surface area (Å²) in [6, 6.07) is 0.642. The maximum atomic E-state index is 11.3. The van der Waals surface area contributed by atoms with Crippen LogP contribution in [0.4, 0.5) is 0 Å². The van der Waals surface area contributed by atoms with Crippen LogP contribution >= 0.6 is 11.6 Å². The Morgan fingerprint density at radius 1 is 1.55 bits per heavy atom. The summed E-state index contributed by atoms with van der Waals surface area (Å²) in [5.74, 6) is 0.161. The van der Waals surface area contributed by atoms with Crippen LogP contribution in [-0.4, -0.2) is 39.2 Å². The van der Waals surface area contributed by atoms with E-state index in [-0.39, 0.29) is 11.9 Å². The molecule has 0 aromatic carbocycles. The molecule has 0 aliphatic carbocycles. The zero-order valence-electron chi connectivity index (χ0n) is 12.6. The summed E-state index contributed by atoms with van der Waals surface area (Å²) in [7, 11) is 1.86. The Labute approximate surface area is 125 Å². The molecule has 1 atom stereocenters. The molecule has 0 spiro atoms. The SMILES string of the molecule is Cc1nn(C)c(Cl)c1CN(CC1CCC(=O)N1)C(C)C. The summed E-state index contributed by atoms with van der Waals surface area (Å²) in [4.78, 5) is 13.7. The summed E-state index contributed by atoms with van der Waals surface area (Å²) in [6.45, 7) is 7.93. The predicted octanol–water partition coefficient (Wildman–Crippen LogP) is 1.87. The molecule has 1 aliphatic rings. The summed E-state index contributed by atoms with van der Waals surface area (Å²) < 4.78 is 1.71. The van der Waals surface area contributed by atoms with Crippen molar-refractivity contribution in [2.75, 3.05) is 6.54 Å². The van der Waals surface area contributed by atoms with Gasteiger partial charge in [0.2, 0.25) is 5.91 Å². The lowest BCUT2D eigenvalue weighted by Gasteiger charge is -2.29. The van der Waals surface area contributed by atoms with E-state index in [0.29, 0.717) is 17.6 Å². The van der Waals surface area contributed by atoms with Gasteiger partial charge in [-0.25, -0.2) is 0 Å². The van der Waals surface area contributed by atoms with Gasteiger partial charge in [-0.15, -0.1) is 0 Å². The number of aryl methyl sites for hydroxylation is 2. The maximum Gasteiger partial charge on any atom is 0.220 e. The minimum Gasteiger partial charge on any atom is -0.352 e. The molecule has 1 aliphatic heterocycles. The fourth-order valence-electron chi connectivity index (χ4n) is 2.61. The number of carbonyl (C=O) groups is 1. The van der Waals surface area contributed by atoms with Gasteiger partial charge < -0.3 is 5.32 Å². The Kier molecular flexibility index (Phi) is 4.70. The highest BCUT2D eigenvalue weighted by Gasteiger charge is 2.25. The van der Waals surface area contributed by atoms with Crippen LogP contribution in [0.3, 0.4) is 0 Å². The van der Waals surface area contributed by atoms with Crippen LogP contribution in [0.5, 0.6) is 0 Å². The third-order valence-electron chi connectivity index (χ3n) is 3.90. The molecule has 5 nitrogen and oxygen atoms in total. The van der Waals surface area contributed by atoms with Crippen molar-refractivity contribution in [1.82, 2.24) is 20.0 Å². The second kappa shape index (κ2) is 6.14. The third kappa shape index (κ3) is 3.33. The molecule has 6 heteroatoms. The lowest BCUT2D eigenvalue weighted by atomic mass is 10.1. The van der Waals surface area contributed by atoms with Gasteiger partial charge in [0.1, 0.15) is 5.15 Å². The Morgan fingerprint density at radius 2 is 2.25 bits per heavy atom. The first-order chi connectivity index (χ1) is 9.38. The van der Waals surface area contributed by atoms with Gasteiger partial charge in [-0.3, -0.25) is 14.4 Å². The molecule has 1 fully saturated rings. The molecule has 0 saturated carbocycles. The van der Waals surface area contributed by atoms with Gasteiger partial charge in [0.25, 0.3) is 0 Å². The molecule has 2 heterocycles. The van der Waals surface area contributed by atoms with E-state index in [2.05, 4.69) is 29.2 Å². The maximum absolute atomic E-state index is 11.3. The molecule has 0 bridgehead atoms. The number of nitrogens with one attached hydrogen (secondary N) is 1. The molecule has 1 aromatic heterocycles. The van der Waals surface area contributed by atoms with Crippen molar-refractivity contribution >= 4 is 17.5 Å². The smallest absolute Gasteiger partial charge is 0.220 e. The quantitative estimate of drug-likeness (QED) is 0.903. The van der Waals surface area contributed by atoms with E-state index in [4.69, 9.17) is 11.6 Å². The van der Waals surface area contributed by atoms with Crippen LogP contribution in [-0.2, 0) is 18.4 Å². The number of nitrogens with zero attached hydrogens (tertiary/aromatic N) is 3. The Morgan fingerprint density at radius 3 is 2.70 bits per heavy atom. The van der Waals surface area contributed by atoms with Crippen LogP contribution in [0, 0.1) is 6.92 Å². The fourth-order valence-corrected chi connectivity index (χ4v) is 2.85. The number of carbonyl (C=O) groups excluding carboxylic acids is 1. The number of hydrogen-bond acceptors (Lipinski definition) is 3. The molecule has 20 heavy (non-hydrogen) atoms. The number of halogens is 1. The van der Waals surface area contributed by atoms with Gasteiger partial charge in [0.05, 0.1) is 5.69 Å². The van der Waals surface area contributed by atoms with E-state index in [1.165, 1.54) is 0 Å². The first kappa shape index (κ1) is 15.3. The zero-order chi connectivity index (χ0) is 14.9. The summed E-state index contributed by atoms with van der Waals surface area (Å²) in [5.41, 5.74) is 2.05. The third-order valence-corrected chi connectivity index (χ3v) is 4.37. The molecule has 0 radical (unpaired) electrons. The van der Waals surface area contributed by atoms with Crippen LogP contribution in [0.1, 0.15) is 37.9 Å². The number of hydrogen-bond donors (Lipinski definition) is 1. The van der Waals surface area contributed by atoms with Crippen molar-refractivity contribution in [1.29, 1.82) is 0 Å². The number of amides is 1. The topological polar surface area (TPSA) is 50.2 Å². The monoisotopic (exact) mass is 298 g/mol. The van der Waals surface area contributed by atoms with E-state index in [0.717, 1.165) is 30.8 Å². The standard InChI is InChI=1S/C14H23ClN4O/c1-9(2)19(7-11-5-6-13(20)16-11)8-12-10(3)17-18(4)14(12)15/h9,11H,5-8H2,1-4H3,(H,16,20). The lowest BCUT2D eigenvalue weighted by Crippen LogP contribution is -2.41. The zero-order valence-corrected chi connectivity index (χ0v) is 13.4. The highest BCUT2D eigenvalue weighted by molar-refractivity contribution is 6.30. The van der Waals surface area contributed by atoms with Gasteiger partial charge in [0.15, 0.2) is 0 Å². The van der Waals surface area contributed by atoms with Gasteiger partial charge >= 0.3 is 0 Å². The molecule has 1 N–H and O–H groups in total. The van der Waals surface area contributed by atoms with Gasteiger partial charge in [-0.2, -0.15) is 5.10 Å². The van der Waals surface area contributed by atoms with Gasteiger partial charge in [-0.05, 0) is 27.2 Å². The second-order valence-corrected chi connectivity index (χ2v) is 6.16. The molecule has 1 aromatic rings. The van der Waals surface area contributed by atoms with Crippen molar-refractivity contribution in [3.8, 4) is 0 Å². The first-order valence-corrected chi connectivity index (χ1v) is 7.47. The van der Waals surface area contributed by atoms with Gasteiger partial charge in [0, 0.05) is 44.2 Å². The molecule has 112 valence electrons. The Bertz CT molecular complexity index is 498. The fraction of sp³-hybridized carbons (Fsp3) is 0.714. The van der Waals surface area contributed by atoms with Crippen molar-refractivity contribution in [2.24, 2.45) is 7.05 Å². The van der Waals surface area contributed by atoms with Crippen molar-refractivity contribution in [2.45, 2.75) is 52.2 Å². The minimum absolute atomic E-state index is 0.161. The van der Waals surface area contributed by atoms with Crippen molar-refractivity contribution in [3.63, 3.8) is 0 Å². The Balaban J connectivity index is 2.07. The van der Waals surface area contributed by atoms with Crippen LogP contribution in [0.25, 0.3) is 0 Å². The average Bonchev–Trinajstić information content (AvgIpc) is 2.87. The molecule has 1 saturated heterocycles. The largest absolute Gasteiger partial charge is 0.352 e. The predicted molar refractivity (Wildman–Crippen MR) is 79.7 cm³/mol. The minimum atomic E-state index is 0.161. The van der Waals surface area contributed by atoms with Crippen molar-refractivity contribution < 1.29 is 4.79 Å². The highest BCUT2D eigenvalue weighted by Crippen LogP contribution is 2.22. The van der Waals surface area contributed by atoms with Crippen molar-refractivity contribution in [3.05, 3.63) is 16.4 Å². The number of aromatic nitrogens is 2. The molecule has 1 amide bonds. The van der Waals surface area contributed by atoms with E-state index in [9.17, 15) is 4.79 Å². The lowest BCUT2D eigenvalue weighted by molar-refractivity contribution is -0.119. The van der Waals surface area contributed by atoms with Crippen LogP contribution in [0.2, 0.25) is 5.15 Å². The second-order valence-electron chi connectivity index (χ2n) is 5.80. The molecule has 2 rings (SSSR count). The average molecular weight is 299 g/mol. The highest BCUT2D eigenvalue weighted by atomic mass is 35.5. The normalized spacial score (nSPS) is 19.1. The Hall–Kier alpha value is -1.07. The van der Waals surface area contributed by atoms with E-state index < -0.39 is 0 Å². The van der Waals surface area contributed by atoms with E-state index in [1.807, 2.05) is 14.0 Å². The van der Waals surface area contributed by atoms with E-state index in [1.54, 1.807) is 4.68 Å². The summed E-state index contributed by atoms with van der Waals surface area (Å²) >= 11 is 6.31. The van der Waals surface area contributed by atoms with E-state index >= 15 is 0 Å². The molecular weight excluding hydrogens is 276 g/mol. The molecule has 1 unspecified atom stereocenters. The first-order valence-electron chi connectivity index (χ1n) is 7.10. The van der Waals surface area contributed by atoms with Crippen LogP contribution in [0.15, 0.2) is 0 Å². The summed E-state index contributed by atoms with van der Waals surface area (Å²) in [6.07, 6.45) is 1.56. The summed E-state index contributed by atoms with van der Waals surface area (Å²) in [5, 5.41) is 8.08. The molecular formula is C14H23ClN4O. The van der Waals surface area contributed by atoms with Crippen LogP contribution < -0.4 is 5.32 Å². The van der Waals surface area contributed by atoms with Gasteiger partial charge in [-0.1, -0.05) is 11.6 Å².